The number of aliphatic hydroxyl groups excluding tert-OH is 1. The first-order chi connectivity index (χ1) is 21.0. The van der Waals surface area contributed by atoms with Crippen LogP contribution in [0, 0.1) is 28.6 Å². The van der Waals surface area contributed by atoms with Crippen LogP contribution in [0.4, 0.5) is 0 Å². The Morgan fingerprint density at radius 2 is 1.84 bits per heavy atom. The number of aliphatic hydroxyl groups is 3. The normalized spacial score (nSPS) is 41.8. The zero-order chi connectivity index (χ0) is 33.3. The van der Waals surface area contributed by atoms with Gasteiger partial charge in [0.2, 0.25) is 0 Å². The summed E-state index contributed by atoms with van der Waals surface area (Å²) in [5, 5.41) is 35.0. The molecule has 5 rings (SSSR count). The molecule has 4 fully saturated rings. The van der Waals surface area contributed by atoms with Crippen molar-refractivity contribution in [1.82, 2.24) is 0 Å². The molecule has 0 unspecified atom stereocenters. The third-order valence-corrected chi connectivity index (χ3v) is 11.2. The monoisotopic (exact) mass is 632 g/mol. The molecule has 12 nitrogen and oxygen atoms in total. The van der Waals surface area contributed by atoms with E-state index >= 15 is 0 Å². The van der Waals surface area contributed by atoms with Crippen LogP contribution in [0.5, 0.6) is 0 Å². The van der Waals surface area contributed by atoms with Crippen LogP contribution in [0.15, 0.2) is 35.2 Å². The van der Waals surface area contributed by atoms with Gasteiger partial charge in [-0.2, -0.15) is 0 Å². The van der Waals surface area contributed by atoms with Crippen molar-refractivity contribution in [2.75, 3.05) is 13.2 Å². The second kappa shape index (κ2) is 11.3. The van der Waals surface area contributed by atoms with Crippen molar-refractivity contribution in [1.29, 1.82) is 0 Å². The average Bonchev–Trinajstić information content (AvgIpc) is 3.65. The highest BCUT2D eigenvalue weighted by Gasteiger charge is 2.79. The first-order valence-corrected chi connectivity index (χ1v) is 15.5. The Balaban J connectivity index is 1.73. The first kappa shape index (κ1) is 33.3. The summed E-state index contributed by atoms with van der Waals surface area (Å²) in [6, 6.07) is 1.67. The molecule has 12 heteroatoms. The van der Waals surface area contributed by atoms with E-state index in [0.717, 1.165) is 0 Å². The van der Waals surface area contributed by atoms with Gasteiger partial charge >= 0.3 is 17.9 Å². The van der Waals surface area contributed by atoms with Crippen LogP contribution in [-0.2, 0) is 38.1 Å². The Hall–Kier alpha value is -3.06. The largest absolute Gasteiger partial charge is 0.472 e. The van der Waals surface area contributed by atoms with Crippen molar-refractivity contribution < 1.29 is 57.9 Å². The maximum Gasteiger partial charge on any atom is 0.335 e. The van der Waals surface area contributed by atoms with Crippen molar-refractivity contribution in [3.05, 3.63) is 36.3 Å². The van der Waals surface area contributed by atoms with Gasteiger partial charge in [0, 0.05) is 29.6 Å². The van der Waals surface area contributed by atoms with E-state index in [1.807, 2.05) is 0 Å². The lowest BCUT2D eigenvalue weighted by Crippen LogP contribution is -2.68. The van der Waals surface area contributed by atoms with Gasteiger partial charge in [-0.1, -0.05) is 34.3 Å². The minimum Gasteiger partial charge on any atom is -0.472 e. The first-order valence-electron chi connectivity index (χ1n) is 15.5. The molecule has 3 N–H and O–H groups in total. The molecule has 0 radical (unpaired) electrons. The van der Waals surface area contributed by atoms with Crippen LogP contribution in [0.1, 0.15) is 72.3 Å². The van der Waals surface area contributed by atoms with Gasteiger partial charge < -0.3 is 38.7 Å². The molecule has 0 spiro atoms. The molecule has 1 aromatic rings. The highest BCUT2D eigenvalue weighted by molar-refractivity contribution is 5.96. The summed E-state index contributed by atoms with van der Waals surface area (Å²) in [4.78, 5) is 53.2. The molecule has 1 aromatic heterocycles. The summed E-state index contributed by atoms with van der Waals surface area (Å²) in [7, 11) is 0. The predicted octanol–water partition coefficient (Wildman–Crippen LogP) is 2.23. The Labute approximate surface area is 262 Å². The van der Waals surface area contributed by atoms with E-state index in [4.69, 9.17) is 23.4 Å². The van der Waals surface area contributed by atoms with E-state index in [0.29, 0.717) is 5.56 Å². The lowest BCUT2D eigenvalue weighted by atomic mass is 9.48. The molecule has 2 saturated heterocycles. The number of carbonyl (C=O) groups excluding carboxylic acids is 4. The molecular weight excluding hydrogens is 588 g/mol. The van der Waals surface area contributed by atoms with Gasteiger partial charge in [0.15, 0.2) is 17.5 Å². The number of hydrogen-bond acceptors (Lipinski definition) is 12. The van der Waals surface area contributed by atoms with E-state index in [9.17, 15) is 34.5 Å². The molecule has 2 saturated carbocycles. The number of rotatable bonds is 8. The van der Waals surface area contributed by atoms with Crippen molar-refractivity contribution in [3.63, 3.8) is 0 Å². The molecule has 45 heavy (non-hydrogen) atoms. The minimum atomic E-state index is -2.27. The Bertz CT molecular complexity index is 1370. The topological polar surface area (TPSA) is 179 Å². The molecule has 3 heterocycles. The molecule has 2 aliphatic heterocycles. The zero-order valence-corrected chi connectivity index (χ0v) is 26.6. The number of carbonyl (C=O) groups is 4. The predicted molar refractivity (Wildman–Crippen MR) is 155 cm³/mol. The average molecular weight is 633 g/mol. The van der Waals surface area contributed by atoms with Crippen LogP contribution in [-0.4, -0.2) is 87.8 Å². The highest BCUT2D eigenvalue weighted by Crippen LogP contribution is 2.70. The van der Waals surface area contributed by atoms with Crippen molar-refractivity contribution in [2.45, 2.75) is 102 Å². The van der Waals surface area contributed by atoms with Gasteiger partial charge in [-0.15, -0.1) is 0 Å². The fraction of sp³-hybridized carbons (Fsp3) is 0.697. The number of Topliss-reactive ketones (excluding diaryl/α,β-unsaturated/α-hetero) is 1. The number of fused-ring (bicyclic) bond motifs is 2. The van der Waals surface area contributed by atoms with Gasteiger partial charge in [-0.25, -0.2) is 4.79 Å². The summed E-state index contributed by atoms with van der Waals surface area (Å²) in [6.07, 6.45) is -2.80. The van der Waals surface area contributed by atoms with Crippen LogP contribution < -0.4 is 0 Å². The van der Waals surface area contributed by atoms with Gasteiger partial charge in [0.1, 0.15) is 18.8 Å². The van der Waals surface area contributed by atoms with Gasteiger partial charge in [0.05, 0.1) is 49.1 Å². The third-order valence-electron chi connectivity index (χ3n) is 11.2. The van der Waals surface area contributed by atoms with E-state index < -0.39 is 93.8 Å². The van der Waals surface area contributed by atoms with E-state index in [2.05, 4.69) is 6.58 Å². The number of esters is 3. The smallest absolute Gasteiger partial charge is 0.335 e. The lowest BCUT2D eigenvalue weighted by Gasteiger charge is -2.58. The lowest BCUT2D eigenvalue weighted by molar-refractivity contribution is -0.212. The standard InChI is InChI=1S/C33H44O12/c1-8-42-24(36)13-22-31(6,20-12-23(35)43-15-30(20,5)39)25-17(4)33(40)21(34)11-19(18-9-10-41-14-18)32(33,7)28(27(25)44-22)45-29(38)26(37)16(2)3/h9-10,14,16,19-20,22,25-28,37,39-40H,4,8,11-13,15H2,1-3,5-7H3/t19-,20-,22-,25+,26+,27+,28-,30+,31+,32+,33+/m0/s1. The molecule has 0 aromatic carbocycles. The SMILES string of the molecule is C=C1[C@@H]2[C@@H](O[C@@H](CC(=O)OCC)[C@@]2(C)[C@H]2CC(=O)OC[C@@]2(C)O)[C@H](OC(=O)[C@H](O)C(C)C)[C@@]2(C)[C@H](c3ccoc3)CC(=O)[C@]12O. The van der Waals surface area contributed by atoms with Crippen LogP contribution in [0.25, 0.3) is 0 Å². The Morgan fingerprint density at radius 3 is 2.44 bits per heavy atom. The number of ether oxygens (including phenoxy) is 4. The third kappa shape index (κ3) is 4.78. The molecule has 0 bridgehead atoms. The maximum absolute atomic E-state index is 14.1. The van der Waals surface area contributed by atoms with Crippen molar-refractivity contribution in [2.24, 2.45) is 28.6 Å². The summed E-state index contributed by atoms with van der Waals surface area (Å²) >= 11 is 0. The van der Waals surface area contributed by atoms with Gasteiger partial charge in [0.25, 0.3) is 0 Å². The number of furan rings is 1. The highest BCUT2D eigenvalue weighted by atomic mass is 16.6. The molecular formula is C33H44O12. The van der Waals surface area contributed by atoms with Crippen molar-refractivity contribution >= 4 is 23.7 Å². The van der Waals surface area contributed by atoms with Crippen molar-refractivity contribution in [3.8, 4) is 0 Å². The molecule has 4 aliphatic rings. The number of cyclic esters (lactones) is 1. The Morgan fingerprint density at radius 1 is 1.16 bits per heavy atom. The summed E-state index contributed by atoms with van der Waals surface area (Å²) < 4.78 is 28.6. The second-order valence-corrected chi connectivity index (χ2v) is 14.0. The van der Waals surface area contributed by atoms with E-state index in [1.54, 1.807) is 40.7 Å². The van der Waals surface area contributed by atoms with Crippen LogP contribution in [0.3, 0.4) is 0 Å². The second-order valence-electron chi connectivity index (χ2n) is 14.0. The minimum absolute atomic E-state index is 0.0753. The zero-order valence-electron chi connectivity index (χ0n) is 26.6. The summed E-state index contributed by atoms with van der Waals surface area (Å²) in [5.41, 5.74) is -6.10. The number of ketones is 1. The maximum atomic E-state index is 14.1. The fourth-order valence-electron chi connectivity index (χ4n) is 8.72. The molecule has 0 amide bonds. The van der Waals surface area contributed by atoms with E-state index in [-0.39, 0.29) is 38.0 Å². The molecule has 248 valence electrons. The van der Waals surface area contributed by atoms with E-state index in [1.165, 1.54) is 19.5 Å². The van der Waals surface area contributed by atoms with Crippen LogP contribution >= 0.6 is 0 Å². The summed E-state index contributed by atoms with van der Waals surface area (Å²) in [5.74, 6) is -5.83. The number of hydrogen-bond donors (Lipinski definition) is 3. The molecule has 2 aliphatic carbocycles. The molecule has 11 atom stereocenters. The summed E-state index contributed by atoms with van der Waals surface area (Å²) in [6.45, 7) is 13.9. The quantitative estimate of drug-likeness (QED) is 0.217. The van der Waals surface area contributed by atoms with Crippen LogP contribution in [0.2, 0.25) is 0 Å². The Kier molecular flexibility index (Phi) is 8.38. The fourth-order valence-corrected chi connectivity index (χ4v) is 8.72. The van der Waals surface area contributed by atoms with Gasteiger partial charge in [-0.05, 0) is 37.0 Å². The van der Waals surface area contributed by atoms with Gasteiger partial charge in [-0.3, -0.25) is 14.4 Å².